The van der Waals surface area contributed by atoms with Crippen molar-refractivity contribution in [3.8, 4) is 5.75 Å². The fourth-order valence-corrected chi connectivity index (χ4v) is 4.76. The van der Waals surface area contributed by atoms with Gasteiger partial charge >= 0.3 is 0 Å². The Balaban J connectivity index is 1.84. The van der Waals surface area contributed by atoms with Gasteiger partial charge in [0.2, 0.25) is 0 Å². The van der Waals surface area contributed by atoms with Gasteiger partial charge in [0.05, 0.1) is 12.2 Å². The first-order valence-electron chi connectivity index (χ1n) is 9.02. The van der Waals surface area contributed by atoms with Crippen LogP contribution in [-0.2, 0) is 12.8 Å². The van der Waals surface area contributed by atoms with Crippen LogP contribution in [0.2, 0.25) is 0 Å². The number of thiophene rings is 1. The SMILES string of the molecule is CCOc1ccc(C(=O)Nc2sc3c(c2C(N)=O)CCC(CC)C3)cc1. The lowest BCUT2D eigenvalue weighted by Crippen LogP contribution is -2.19. The predicted molar refractivity (Wildman–Crippen MR) is 104 cm³/mol. The van der Waals surface area contributed by atoms with Gasteiger partial charge in [-0.15, -0.1) is 11.3 Å². The topological polar surface area (TPSA) is 81.4 Å². The largest absolute Gasteiger partial charge is 0.494 e. The van der Waals surface area contributed by atoms with Crippen molar-refractivity contribution >= 4 is 28.2 Å². The zero-order valence-electron chi connectivity index (χ0n) is 15.1. The normalized spacial score (nSPS) is 16.0. The van der Waals surface area contributed by atoms with Crippen LogP contribution < -0.4 is 15.8 Å². The van der Waals surface area contributed by atoms with Crippen LogP contribution in [0.3, 0.4) is 0 Å². The molecule has 0 saturated heterocycles. The standard InChI is InChI=1S/C20H24N2O3S/c1-3-12-5-10-15-16(11-12)26-20(17(15)18(21)23)22-19(24)13-6-8-14(9-7-13)25-4-2/h6-9,12H,3-5,10-11H2,1-2H3,(H2,21,23)(H,22,24). The summed E-state index contributed by atoms with van der Waals surface area (Å²) in [6, 6.07) is 6.95. The van der Waals surface area contributed by atoms with E-state index in [0.29, 0.717) is 28.7 Å². The molecule has 3 rings (SSSR count). The van der Waals surface area contributed by atoms with E-state index in [-0.39, 0.29) is 5.91 Å². The quantitative estimate of drug-likeness (QED) is 0.804. The maximum atomic E-state index is 12.6. The molecule has 0 bridgehead atoms. The molecule has 0 saturated carbocycles. The summed E-state index contributed by atoms with van der Waals surface area (Å²) in [6.07, 6.45) is 3.99. The molecule has 1 aliphatic rings. The van der Waals surface area contributed by atoms with E-state index in [1.54, 1.807) is 24.3 Å². The maximum absolute atomic E-state index is 12.6. The summed E-state index contributed by atoms with van der Waals surface area (Å²) in [5, 5.41) is 3.46. The fraction of sp³-hybridized carbons (Fsp3) is 0.400. The van der Waals surface area contributed by atoms with Crippen molar-refractivity contribution in [3.63, 3.8) is 0 Å². The molecule has 2 aromatic rings. The Morgan fingerprint density at radius 1 is 1.27 bits per heavy atom. The molecule has 1 aromatic carbocycles. The summed E-state index contributed by atoms with van der Waals surface area (Å²) in [5.74, 6) is 0.635. The van der Waals surface area contributed by atoms with Crippen molar-refractivity contribution in [3.05, 3.63) is 45.8 Å². The van der Waals surface area contributed by atoms with Gasteiger partial charge in [-0.05, 0) is 61.9 Å². The average molecular weight is 372 g/mol. The minimum Gasteiger partial charge on any atom is -0.494 e. The third-order valence-electron chi connectivity index (χ3n) is 4.85. The Bertz CT molecular complexity index is 811. The number of anilines is 1. The fourth-order valence-electron chi connectivity index (χ4n) is 3.40. The lowest BCUT2D eigenvalue weighted by atomic mass is 9.85. The Hall–Kier alpha value is -2.34. The second-order valence-corrected chi connectivity index (χ2v) is 7.61. The van der Waals surface area contributed by atoms with E-state index >= 15 is 0 Å². The minimum absolute atomic E-state index is 0.249. The van der Waals surface area contributed by atoms with E-state index in [1.807, 2.05) is 6.92 Å². The highest BCUT2D eigenvalue weighted by molar-refractivity contribution is 7.17. The number of fused-ring (bicyclic) bond motifs is 1. The van der Waals surface area contributed by atoms with Crippen LogP contribution in [-0.4, -0.2) is 18.4 Å². The molecule has 26 heavy (non-hydrogen) atoms. The van der Waals surface area contributed by atoms with Crippen molar-refractivity contribution in [1.29, 1.82) is 0 Å². The highest BCUT2D eigenvalue weighted by Crippen LogP contribution is 2.40. The van der Waals surface area contributed by atoms with E-state index in [4.69, 9.17) is 10.5 Å². The lowest BCUT2D eigenvalue weighted by molar-refractivity contribution is 0.1000. The number of primary amides is 1. The van der Waals surface area contributed by atoms with E-state index in [0.717, 1.165) is 37.0 Å². The number of benzene rings is 1. The molecule has 3 N–H and O–H groups in total. The molecule has 0 fully saturated rings. The van der Waals surface area contributed by atoms with Gasteiger partial charge in [-0.25, -0.2) is 0 Å². The van der Waals surface area contributed by atoms with Crippen LogP contribution in [0.1, 0.15) is 57.8 Å². The molecule has 0 spiro atoms. The molecule has 1 atom stereocenters. The molecule has 6 heteroatoms. The van der Waals surface area contributed by atoms with Crippen molar-refractivity contribution in [2.75, 3.05) is 11.9 Å². The van der Waals surface area contributed by atoms with Crippen molar-refractivity contribution in [1.82, 2.24) is 0 Å². The summed E-state index contributed by atoms with van der Waals surface area (Å²) >= 11 is 1.49. The number of ether oxygens (including phenoxy) is 1. The Kier molecular flexibility index (Phi) is 5.61. The van der Waals surface area contributed by atoms with Gasteiger partial charge in [0.15, 0.2) is 0 Å². The summed E-state index contributed by atoms with van der Waals surface area (Å²) < 4.78 is 5.39. The first-order chi connectivity index (χ1) is 12.5. The van der Waals surface area contributed by atoms with Gasteiger partial charge in [0.1, 0.15) is 10.8 Å². The van der Waals surface area contributed by atoms with Crippen molar-refractivity contribution in [2.24, 2.45) is 11.7 Å². The first-order valence-corrected chi connectivity index (χ1v) is 9.83. The van der Waals surface area contributed by atoms with Gasteiger partial charge in [-0.3, -0.25) is 9.59 Å². The molecule has 1 aliphatic carbocycles. The van der Waals surface area contributed by atoms with Crippen LogP contribution >= 0.6 is 11.3 Å². The summed E-state index contributed by atoms with van der Waals surface area (Å²) in [6.45, 7) is 4.67. The number of hydrogen-bond donors (Lipinski definition) is 2. The zero-order valence-corrected chi connectivity index (χ0v) is 15.9. The molecule has 0 radical (unpaired) electrons. The Morgan fingerprint density at radius 3 is 2.62 bits per heavy atom. The lowest BCUT2D eigenvalue weighted by Gasteiger charge is -2.20. The van der Waals surface area contributed by atoms with Crippen LogP contribution in [0.15, 0.2) is 24.3 Å². The highest BCUT2D eigenvalue weighted by atomic mass is 32.1. The van der Waals surface area contributed by atoms with E-state index in [9.17, 15) is 9.59 Å². The Morgan fingerprint density at radius 2 is 2.00 bits per heavy atom. The number of rotatable bonds is 6. The summed E-state index contributed by atoms with van der Waals surface area (Å²) in [7, 11) is 0. The minimum atomic E-state index is -0.473. The number of carbonyl (C=O) groups excluding carboxylic acids is 2. The average Bonchev–Trinajstić information content (AvgIpc) is 2.99. The number of nitrogens with two attached hydrogens (primary N) is 1. The van der Waals surface area contributed by atoms with Crippen LogP contribution in [0.25, 0.3) is 0 Å². The highest BCUT2D eigenvalue weighted by Gasteiger charge is 2.28. The molecule has 0 aliphatic heterocycles. The molecule has 5 nitrogen and oxygen atoms in total. The summed E-state index contributed by atoms with van der Waals surface area (Å²) in [4.78, 5) is 25.8. The molecular weight excluding hydrogens is 348 g/mol. The van der Waals surface area contributed by atoms with Crippen LogP contribution in [0.5, 0.6) is 5.75 Å². The monoisotopic (exact) mass is 372 g/mol. The van der Waals surface area contributed by atoms with E-state index < -0.39 is 5.91 Å². The second-order valence-electron chi connectivity index (χ2n) is 6.50. The van der Waals surface area contributed by atoms with Gasteiger partial charge in [0, 0.05) is 10.4 Å². The van der Waals surface area contributed by atoms with Gasteiger partial charge < -0.3 is 15.8 Å². The zero-order chi connectivity index (χ0) is 18.7. The van der Waals surface area contributed by atoms with Crippen LogP contribution in [0.4, 0.5) is 5.00 Å². The van der Waals surface area contributed by atoms with Gasteiger partial charge in [-0.2, -0.15) is 0 Å². The molecule has 1 unspecified atom stereocenters. The first kappa shape index (κ1) is 18.5. The second kappa shape index (κ2) is 7.91. The molecular formula is C20H24N2O3S. The Labute approximate surface area is 157 Å². The number of carbonyl (C=O) groups is 2. The number of hydrogen-bond acceptors (Lipinski definition) is 4. The van der Waals surface area contributed by atoms with Gasteiger partial charge in [-0.1, -0.05) is 13.3 Å². The number of nitrogens with one attached hydrogen (secondary N) is 1. The number of amides is 2. The third kappa shape index (κ3) is 3.75. The predicted octanol–water partition coefficient (Wildman–Crippen LogP) is 4.01. The van der Waals surface area contributed by atoms with E-state index in [1.165, 1.54) is 16.2 Å². The van der Waals surface area contributed by atoms with Crippen molar-refractivity contribution < 1.29 is 14.3 Å². The molecule has 2 amide bonds. The summed E-state index contributed by atoms with van der Waals surface area (Å²) in [5.41, 5.74) is 7.64. The molecule has 1 aromatic heterocycles. The van der Waals surface area contributed by atoms with Gasteiger partial charge in [0.25, 0.3) is 11.8 Å². The van der Waals surface area contributed by atoms with E-state index in [2.05, 4.69) is 12.2 Å². The third-order valence-corrected chi connectivity index (χ3v) is 6.02. The van der Waals surface area contributed by atoms with Crippen LogP contribution in [0, 0.1) is 5.92 Å². The smallest absolute Gasteiger partial charge is 0.256 e. The van der Waals surface area contributed by atoms with Crippen molar-refractivity contribution in [2.45, 2.75) is 39.5 Å². The molecule has 1 heterocycles. The molecule has 138 valence electrons. The maximum Gasteiger partial charge on any atom is 0.256 e.